The molecule has 0 spiro atoms. The number of aryl methyl sites for hydroxylation is 1. The number of rotatable bonds is 8. The molecule has 4 rings (SSSR count). The second-order valence-corrected chi connectivity index (χ2v) is 9.09. The normalized spacial score (nSPS) is 14.0. The monoisotopic (exact) mass is 546 g/mol. The van der Waals surface area contributed by atoms with Crippen LogP contribution < -0.4 is 10.4 Å². The topological polar surface area (TPSA) is 83.5 Å². The van der Waals surface area contributed by atoms with Gasteiger partial charge in [0.25, 0.3) is 0 Å². The van der Waals surface area contributed by atoms with Crippen LogP contribution >= 0.6 is 23.2 Å². The molecule has 12 heteroatoms. The number of ether oxygens (including phenoxy) is 1. The van der Waals surface area contributed by atoms with E-state index in [-0.39, 0.29) is 0 Å². The van der Waals surface area contributed by atoms with Gasteiger partial charge in [-0.2, -0.15) is 13.2 Å². The average Bonchev–Trinajstić information content (AvgIpc) is 3.43. The molecular weight excluding hydrogens is 520 g/mol. The highest BCUT2D eigenvalue weighted by molar-refractivity contribution is 6.35. The Labute approximate surface area is 216 Å². The first-order valence-electron chi connectivity index (χ1n) is 11.4. The van der Waals surface area contributed by atoms with Crippen molar-refractivity contribution in [3.05, 3.63) is 58.1 Å². The van der Waals surface area contributed by atoms with Gasteiger partial charge in [-0.1, -0.05) is 35.3 Å². The first-order valence-corrected chi connectivity index (χ1v) is 12.2. The number of alkyl halides is 3. The number of nitrogens with one attached hydrogen (secondary N) is 1. The fourth-order valence-electron chi connectivity index (χ4n) is 3.99. The minimum atomic E-state index is -5.08. The second-order valence-electron chi connectivity index (χ2n) is 8.24. The number of aliphatic carboxylic acids is 1. The van der Waals surface area contributed by atoms with Crippen molar-refractivity contribution in [2.45, 2.75) is 38.5 Å². The molecule has 0 unspecified atom stereocenters. The van der Waals surface area contributed by atoms with Crippen LogP contribution in [0.5, 0.6) is 5.75 Å². The summed E-state index contributed by atoms with van der Waals surface area (Å²) >= 11 is 12.1. The van der Waals surface area contributed by atoms with E-state index in [0.29, 0.717) is 28.0 Å². The third kappa shape index (κ3) is 7.41. The van der Waals surface area contributed by atoms with E-state index in [2.05, 4.69) is 26.2 Å². The maximum Gasteiger partial charge on any atom is 0.490 e. The molecule has 0 aliphatic carbocycles. The molecule has 0 radical (unpaired) electrons. The lowest BCUT2D eigenvalue weighted by Crippen LogP contribution is -2.30. The number of hydrogen-bond donors (Lipinski definition) is 2. The number of halogens is 5. The van der Waals surface area contributed by atoms with E-state index < -0.39 is 12.1 Å². The van der Waals surface area contributed by atoms with E-state index in [4.69, 9.17) is 43.2 Å². The number of aromatic nitrogens is 2. The van der Waals surface area contributed by atoms with Crippen molar-refractivity contribution < 1.29 is 27.8 Å². The van der Waals surface area contributed by atoms with Gasteiger partial charge in [-0.05, 0) is 62.7 Å². The minimum absolute atomic E-state index is 0.518. The number of carbonyl (C=O) groups is 1. The van der Waals surface area contributed by atoms with E-state index >= 15 is 0 Å². The van der Waals surface area contributed by atoms with Gasteiger partial charge in [0.05, 0.1) is 22.7 Å². The molecule has 0 saturated carbocycles. The summed E-state index contributed by atoms with van der Waals surface area (Å²) in [5, 5.41) is 17.0. The SMILES string of the molecule is N=c1n(CCCOc2ccc(Cl)cc2Cl)c2ccccc2n1CCN1CCCC1.O=C(O)C(F)(F)F. The van der Waals surface area contributed by atoms with E-state index in [9.17, 15) is 13.2 Å². The van der Waals surface area contributed by atoms with Gasteiger partial charge in [-0.3, -0.25) is 5.41 Å². The molecule has 0 atom stereocenters. The number of para-hydroxylation sites is 2. The third-order valence-electron chi connectivity index (χ3n) is 5.73. The van der Waals surface area contributed by atoms with Gasteiger partial charge in [-0.25, -0.2) is 4.79 Å². The molecule has 1 aliphatic rings. The minimum Gasteiger partial charge on any atom is -0.492 e. The Hall–Kier alpha value is -2.69. The van der Waals surface area contributed by atoms with Gasteiger partial charge in [0.15, 0.2) is 0 Å². The number of likely N-dealkylation sites (tertiary alicyclic amines) is 1. The fourth-order valence-corrected chi connectivity index (χ4v) is 4.46. The highest BCUT2D eigenvalue weighted by atomic mass is 35.5. The molecule has 1 fully saturated rings. The Morgan fingerprint density at radius 1 is 1.00 bits per heavy atom. The maximum absolute atomic E-state index is 10.6. The first kappa shape index (κ1) is 27.9. The van der Waals surface area contributed by atoms with Crippen molar-refractivity contribution in [1.29, 1.82) is 5.41 Å². The predicted octanol–water partition coefficient (Wildman–Crippen LogP) is 5.43. The van der Waals surface area contributed by atoms with E-state index in [1.54, 1.807) is 18.2 Å². The first-order chi connectivity index (χ1) is 17.1. The van der Waals surface area contributed by atoms with Crippen LogP contribution in [-0.4, -0.2) is 57.5 Å². The molecule has 3 aromatic rings. The van der Waals surface area contributed by atoms with E-state index in [0.717, 1.165) is 37.1 Å². The van der Waals surface area contributed by atoms with Crippen LogP contribution in [0.2, 0.25) is 10.0 Å². The van der Waals surface area contributed by atoms with Gasteiger partial charge in [0, 0.05) is 24.7 Å². The largest absolute Gasteiger partial charge is 0.492 e. The van der Waals surface area contributed by atoms with Crippen LogP contribution in [0.3, 0.4) is 0 Å². The standard InChI is InChI=1S/C22H26Cl2N4O.C2HF3O2/c23-17-8-9-21(18(24)16-17)29-15-5-12-27-19-6-1-2-7-20(19)28(22(27)25)14-13-26-10-3-4-11-26;3-2(4,5)1(6)7/h1-2,6-9,16,25H,3-5,10-15H2;(H,6,7). The Balaban J connectivity index is 0.000000454. The Morgan fingerprint density at radius 2 is 1.58 bits per heavy atom. The van der Waals surface area contributed by atoms with Crippen molar-refractivity contribution in [3.8, 4) is 5.75 Å². The van der Waals surface area contributed by atoms with Crippen molar-refractivity contribution in [1.82, 2.24) is 14.0 Å². The molecule has 1 aromatic heterocycles. The highest BCUT2D eigenvalue weighted by Crippen LogP contribution is 2.27. The number of fused-ring (bicyclic) bond motifs is 1. The van der Waals surface area contributed by atoms with Gasteiger partial charge >= 0.3 is 12.1 Å². The summed E-state index contributed by atoms with van der Waals surface area (Å²) in [6, 6.07) is 13.5. The quantitative estimate of drug-likeness (QED) is 0.369. The zero-order valence-electron chi connectivity index (χ0n) is 19.4. The van der Waals surface area contributed by atoms with Gasteiger partial charge < -0.3 is 23.9 Å². The molecule has 2 heterocycles. The zero-order valence-corrected chi connectivity index (χ0v) is 20.9. The summed E-state index contributed by atoms with van der Waals surface area (Å²) in [7, 11) is 0. The van der Waals surface area contributed by atoms with Gasteiger partial charge in [0.1, 0.15) is 5.75 Å². The third-order valence-corrected chi connectivity index (χ3v) is 6.26. The summed E-state index contributed by atoms with van der Waals surface area (Å²) < 4.78 is 41.7. The molecular formula is C24H27Cl2F3N4O3. The predicted molar refractivity (Wildman–Crippen MR) is 132 cm³/mol. The number of carboxylic acids is 1. The molecule has 36 heavy (non-hydrogen) atoms. The Morgan fingerprint density at radius 3 is 2.14 bits per heavy atom. The summed E-state index contributed by atoms with van der Waals surface area (Å²) in [5.41, 5.74) is 2.77. The van der Waals surface area contributed by atoms with Crippen molar-refractivity contribution in [2.24, 2.45) is 0 Å². The lowest BCUT2D eigenvalue weighted by Gasteiger charge is -2.15. The van der Waals surface area contributed by atoms with Crippen molar-refractivity contribution >= 4 is 40.2 Å². The average molecular weight is 547 g/mol. The molecule has 7 nitrogen and oxygen atoms in total. The number of imidazole rings is 1. The van der Waals surface area contributed by atoms with Gasteiger partial charge in [0.2, 0.25) is 5.62 Å². The van der Waals surface area contributed by atoms with E-state index in [1.165, 1.54) is 25.9 Å². The lowest BCUT2D eigenvalue weighted by molar-refractivity contribution is -0.192. The van der Waals surface area contributed by atoms with Crippen LogP contribution in [0, 0.1) is 5.41 Å². The summed E-state index contributed by atoms with van der Waals surface area (Å²) in [6.45, 7) is 5.46. The summed E-state index contributed by atoms with van der Waals surface area (Å²) in [5.74, 6) is -2.12. The highest BCUT2D eigenvalue weighted by Gasteiger charge is 2.38. The van der Waals surface area contributed by atoms with Crippen LogP contribution in [0.1, 0.15) is 19.3 Å². The van der Waals surface area contributed by atoms with Crippen LogP contribution in [-0.2, 0) is 17.9 Å². The van der Waals surface area contributed by atoms with E-state index in [1.807, 2.05) is 12.1 Å². The van der Waals surface area contributed by atoms with Crippen molar-refractivity contribution in [3.63, 3.8) is 0 Å². The van der Waals surface area contributed by atoms with Crippen LogP contribution in [0.4, 0.5) is 13.2 Å². The smallest absolute Gasteiger partial charge is 0.490 e. The molecule has 0 bridgehead atoms. The molecule has 1 aliphatic heterocycles. The number of carboxylic acid groups (broad SMARTS) is 1. The molecule has 0 amide bonds. The molecule has 2 aromatic carbocycles. The number of hydrogen-bond acceptors (Lipinski definition) is 4. The van der Waals surface area contributed by atoms with Gasteiger partial charge in [-0.15, -0.1) is 0 Å². The fraction of sp³-hybridized carbons (Fsp3) is 0.417. The Bertz CT molecular complexity index is 1240. The molecule has 196 valence electrons. The summed E-state index contributed by atoms with van der Waals surface area (Å²) in [6.07, 6.45) is -1.72. The van der Waals surface area contributed by atoms with Crippen LogP contribution in [0.15, 0.2) is 42.5 Å². The van der Waals surface area contributed by atoms with Crippen LogP contribution in [0.25, 0.3) is 11.0 Å². The Kier molecular flexibility index (Phi) is 9.69. The number of nitrogens with zero attached hydrogens (tertiary/aromatic N) is 3. The maximum atomic E-state index is 10.6. The molecule has 2 N–H and O–H groups in total. The summed E-state index contributed by atoms with van der Waals surface area (Å²) in [4.78, 5) is 11.4. The molecule has 1 saturated heterocycles. The zero-order chi connectivity index (χ0) is 26.3. The lowest BCUT2D eigenvalue weighted by atomic mass is 10.3. The number of benzene rings is 2. The van der Waals surface area contributed by atoms with Crippen molar-refractivity contribution in [2.75, 3.05) is 26.2 Å². The second kappa shape index (κ2) is 12.5.